The van der Waals surface area contributed by atoms with Crippen LogP contribution in [0, 0.1) is 5.41 Å². The lowest BCUT2D eigenvalue weighted by atomic mass is 9.99. The second-order valence-electron chi connectivity index (χ2n) is 5.82. The van der Waals surface area contributed by atoms with Crippen LogP contribution in [-0.4, -0.2) is 22.4 Å². The van der Waals surface area contributed by atoms with Crippen LogP contribution in [0.1, 0.15) is 45.0 Å². The van der Waals surface area contributed by atoms with Crippen LogP contribution in [-0.2, 0) is 19.9 Å². The summed E-state index contributed by atoms with van der Waals surface area (Å²) in [6, 6.07) is 2.86. The van der Waals surface area contributed by atoms with Crippen molar-refractivity contribution in [3.8, 4) is 0 Å². The molecule has 0 saturated heterocycles. The van der Waals surface area contributed by atoms with E-state index in [0.717, 1.165) is 13.0 Å². The molecular formula is C14H25N3. The number of hydrogen-bond acceptors (Lipinski definition) is 2. The molecule has 17 heavy (non-hydrogen) atoms. The highest BCUT2D eigenvalue weighted by atomic mass is 15.3. The fourth-order valence-electron chi connectivity index (χ4n) is 2.31. The molecule has 1 aliphatic carbocycles. The third-order valence-electron chi connectivity index (χ3n) is 3.79. The van der Waals surface area contributed by atoms with Crippen molar-refractivity contribution < 1.29 is 0 Å². The molecule has 0 unspecified atom stereocenters. The van der Waals surface area contributed by atoms with E-state index in [1.807, 2.05) is 0 Å². The van der Waals surface area contributed by atoms with Gasteiger partial charge in [0.1, 0.15) is 0 Å². The molecule has 2 rings (SSSR count). The fourth-order valence-corrected chi connectivity index (χ4v) is 2.31. The Morgan fingerprint density at radius 2 is 2.18 bits per heavy atom. The van der Waals surface area contributed by atoms with Gasteiger partial charge < -0.3 is 5.32 Å². The minimum atomic E-state index is 0.517. The van der Waals surface area contributed by atoms with Crippen LogP contribution in [0.15, 0.2) is 6.07 Å². The van der Waals surface area contributed by atoms with Crippen molar-refractivity contribution in [3.63, 3.8) is 0 Å². The second-order valence-corrected chi connectivity index (χ2v) is 5.82. The second kappa shape index (κ2) is 4.81. The first-order chi connectivity index (χ1) is 8.04. The van der Waals surface area contributed by atoms with Crippen molar-refractivity contribution in [2.24, 2.45) is 12.5 Å². The number of aryl methyl sites for hydroxylation is 2. The Morgan fingerprint density at radius 1 is 1.47 bits per heavy atom. The van der Waals surface area contributed by atoms with Crippen LogP contribution in [0.4, 0.5) is 0 Å². The smallest absolute Gasteiger partial charge is 0.0624 e. The topological polar surface area (TPSA) is 29.9 Å². The quantitative estimate of drug-likeness (QED) is 0.820. The SMILES string of the molecule is CCc1cc(CC2(CNC(C)C)CC2)n(C)n1. The molecule has 0 spiro atoms. The highest BCUT2D eigenvalue weighted by Crippen LogP contribution is 2.47. The molecule has 1 aliphatic rings. The summed E-state index contributed by atoms with van der Waals surface area (Å²) < 4.78 is 2.06. The molecule has 1 fully saturated rings. The van der Waals surface area contributed by atoms with Crippen molar-refractivity contribution >= 4 is 0 Å². The predicted molar refractivity (Wildman–Crippen MR) is 71.1 cm³/mol. The van der Waals surface area contributed by atoms with Gasteiger partial charge in [0.05, 0.1) is 5.69 Å². The van der Waals surface area contributed by atoms with E-state index in [9.17, 15) is 0 Å². The fraction of sp³-hybridized carbons (Fsp3) is 0.786. The summed E-state index contributed by atoms with van der Waals surface area (Å²) in [5, 5.41) is 8.11. The summed E-state index contributed by atoms with van der Waals surface area (Å²) in [5.74, 6) is 0. The van der Waals surface area contributed by atoms with Crippen molar-refractivity contribution in [3.05, 3.63) is 17.5 Å². The monoisotopic (exact) mass is 235 g/mol. The Balaban J connectivity index is 1.97. The summed E-state index contributed by atoms with van der Waals surface area (Å²) in [4.78, 5) is 0. The number of rotatable bonds is 6. The van der Waals surface area contributed by atoms with E-state index in [1.165, 1.54) is 30.7 Å². The molecular weight excluding hydrogens is 210 g/mol. The van der Waals surface area contributed by atoms with Gasteiger partial charge in [-0.3, -0.25) is 4.68 Å². The largest absolute Gasteiger partial charge is 0.314 e. The Kier molecular flexibility index (Phi) is 3.57. The van der Waals surface area contributed by atoms with Gasteiger partial charge in [0.25, 0.3) is 0 Å². The first-order valence-electron chi connectivity index (χ1n) is 6.80. The first kappa shape index (κ1) is 12.6. The zero-order valence-corrected chi connectivity index (χ0v) is 11.6. The van der Waals surface area contributed by atoms with E-state index >= 15 is 0 Å². The van der Waals surface area contributed by atoms with Crippen LogP contribution in [0.3, 0.4) is 0 Å². The van der Waals surface area contributed by atoms with Crippen LogP contribution in [0.2, 0.25) is 0 Å². The van der Waals surface area contributed by atoms with Gasteiger partial charge in [0.2, 0.25) is 0 Å². The summed E-state index contributed by atoms with van der Waals surface area (Å²) in [7, 11) is 2.07. The lowest BCUT2D eigenvalue weighted by molar-refractivity contribution is 0.419. The van der Waals surface area contributed by atoms with E-state index in [4.69, 9.17) is 0 Å². The third kappa shape index (κ3) is 3.09. The number of aromatic nitrogens is 2. The Hall–Kier alpha value is -0.830. The summed E-state index contributed by atoms with van der Waals surface area (Å²) in [6.07, 6.45) is 4.93. The van der Waals surface area contributed by atoms with Crippen LogP contribution >= 0.6 is 0 Å². The van der Waals surface area contributed by atoms with Crippen LogP contribution in [0.5, 0.6) is 0 Å². The Bertz CT molecular complexity index is 375. The molecule has 1 heterocycles. The number of nitrogens with one attached hydrogen (secondary N) is 1. The van der Waals surface area contributed by atoms with E-state index in [0.29, 0.717) is 11.5 Å². The molecule has 0 amide bonds. The molecule has 96 valence electrons. The Labute approximate surface area is 105 Å². The highest BCUT2D eigenvalue weighted by molar-refractivity contribution is 5.15. The first-order valence-corrected chi connectivity index (χ1v) is 6.80. The van der Waals surface area contributed by atoms with Gasteiger partial charge in [0, 0.05) is 25.3 Å². The molecule has 0 atom stereocenters. The van der Waals surface area contributed by atoms with Crippen LogP contribution in [0.25, 0.3) is 0 Å². The van der Waals surface area contributed by atoms with E-state index in [-0.39, 0.29) is 0 Å². The van der Waals surface area contributed by atoms with Gasteiger partial charge in [-0.2, -0.15) is 5.10 Å². The van der Waals surface area contributed by atoms with Gasteiger partial charge in [-0.05, 0) is 37.2 Å². The third-order valence-corrected chi connectivity index (χ3v) is 3.79. The zero-order chi connectivity index (χ0) is 12.5. The van der Waals surface area contributed by atoms with Crippen molar-refractivity contribution in [1.29, 1.82) is 0 Å². The standard InChI is InChI=1S/C14H25N3/c1-5-12-8-13(17(4)16-12)9-14(6-7-14)10-15-11(2)3/h8,11,15H,5-7,9-10H2,1-4H3. The average molecular weight is 235 g/mol. The molecule has 0 aliphatic heterocycles. The highest BCUT2D eigenvalue weighted by Gasteiger charge is 2.42. The van der Waals surface area contributed by atoms with Crippen molar-refractivity contribution in [2.45, 2.75) is 52.5 Å². The lowest BCUT2D eigenvalue weighted by Gasteiger charge is -2.17. The molecule has 0 radical (unpaired) electrons. The van der Waals surface area contributed by atoms with Crippen LogP contribution < -0.4 is 5.32 Å². The zero-order valence-electron chi connectivity index (χ0n) is 11.6. The Morgan fingerprint density at radius 3 is 2.65 bits per heavy atom. The normalized spacial score (nSPS) is 17.7. The summed E-state index contributed by atoms with van der Waals surface area (Å²) >= 11 is 0. The maximum absolute atomic E-state index is 4.53. The minimum absolute atomic E-state index is 0.517. The molecule has 1 N–H and O–H groups in total. The van der Waals surface area contributed by atoms with Crippen molar-refractivity contribution in [2.75, 3.05) is 6.54 Å². The molecule has 0 aromatic carbocycles. The average Bonchev–Trinajstić information content (AvgIpc) is 2.96. The molecule has 3 nitrogen and oxygen atoms in total. The maximum Gasteiger partial charge on any atom is 0.0624 e. The predicted octanol–water partition coefficient (Wildman–Crippen LogP) is 2.30. The van der Waals surface area contributed by atoms with Gasteiger partial charge in [-0.1, -0.05) is 20.8 Å². The van der Waals surface area contributed by atoms with E-state index < -0.39 is 0 Å². The van der Waals surface area contributed by atoms with Gasteiger partial charge in [-0.15, -0.1) is 0 Å². The molecule has 1 saturated carbocycles. The summed E-state index contributed by atoms with van der Waals surface area (Å²) in [5.41, 5.74) is 3.13. The van der Waals surface area contributed by atoms with Gasteiger partial charge in [0.15, 0.2) is 0 Å². The minimum Gasteiger partial charge on any atom is -0.314 e. The van der Waals surface area contributed by atoms with E-state index in [2.05, 4.69) is 49.0 Å². The molecule has 0 bridgehead atoms. The van der Waals surface area contributed by atoms with Crippen molar-refractivity contribution in [1.82, 2.24) is 15.1 Å². The van der Waals surface area contributed by atoms with Gasteiger partial charge >= 0.3 is 0 Å². The summed E-state index contributed by atoms with van der Waals surface area (Å²) in [6.45, 7) is 7.75. The molecule has 3 heteroatoms. The molecule has 1 aromatic rings. The lowest BCUT2D eigenvalue weighted by Crippen LogP contribution is -2.31. The van der Waals surface area contributed by atoms with Gasteiger partial charge in [-0.25, -0.2) is 0 Å². The van der Waals surface area contributed by atoms with E-state index in [1.54, 1.807) is 0 Å². The molecule has 1 aromatic heterocycles. The number of nitrogens with zero attached hydrogens (tertiary/aromatic N) is 2. The maximum atomic E-state index is 4.53. The number of hydrogen-bond donors (Lipinski definition) is 1.